The summed E-state index contributed by atoms with van der Waals surface area (Å²) in [4.78, 5) is 13.3. The van der Waals surface area contributed by atoms with E-state index in [1.165, 1.54) is 0 Å². The average molecular weight is 383 g/mol. The molecule has 0 atom stereocenters. The highest BCUT2D eigenvalue weighted by Gasteiger charge is 2.16. The molecule has 0 saturated carbocycles. The van der Waals surface area contributed by atoms with E-state index in [0.29, 0.717) is 13.2 Å². The third-order valence-electron chi connectivity index (χ3n) is 4.63. The van der Waals surface area contributed by atoms with Gasteiger partial charge in [0.15, 0.2) is 5.96 Å². The van der Waals surface area contributed by atoms with Gasteiger partial charge in [-0.1, -0.05) is 24.3 Å². The average Bonchev–Trinajstić information content (AvgIpc) is 2.76. The first kappa shape index (κ1) is 19.9. The third-order valence-corrected chi connectivity index (χ3v) is 4.63. The van der Waals surface area contributed by atoms with E-state index < -0.39 is 0 Å². The Balaban J connectivity index is 1.52. The maximum Gasteiger partial charge on any atom is 0.193 e. The van der Waals surface area contributed by atoms with Gasteiger partial charge in [-0.3, -0.25) is 4.99 Å². The number of nitrogens with zero attached hydrogens (tertiary/aromatic N) is 4. The van der Waals surface area contributed by atoms with Crippen molar-refractivity contribution >= 4 is 11.8 Å². The van der Waals surface area contributed by atoms with Gasteiger partial charge >= 0.3 is 0 Å². The summed E-state index contributed by atoms with van der Waals surface area (Å²) in [7, 11) is 3.80. The maximum absolute atomic E-state index is 5.78. The number of pyridine rings is 1. The number of aliphatic imine (C=N–C) groups is 1. The summed E-state index contributed by atoms with van der Waals surface area (Å²) >= 11 is 0. The molecule has 0 unspecified atom stereocenters. The lowest BCUT2D eigenvalue weighted by molar-refractivity contribution is 0.122. The molecule has 1 fully saturated rings. The van der Waals surface area contributed by atoms with Gasteiger partial charge in [0, 0.05) is 45.5 Å². The highest BCUT2D eigenvalue weighted by molar-refractivity contribution is 5.79. The number of rotatable bonds is 7. The number of ether oxygens (including phenoxy) is 2. The second-order valence-corrected chi connectivity index (χ2v) is 6.57. The van der Waals surface area contributed by atoms with Gasteiger partial charge in [0.1, 0.15) is 18.2 Å². The summed E-state index contributed by atoms with van der Waals surface area (Å²) < 4.78 is 11.2. The molecule has 7 nitrogen and oxygen atoms in total. The second kappa shape index (κ2) is 10.5. The van der Waals surface area contributed by atoms with Crippen molar-refractivity contribution in [2.45, 2.75) is 6.54 Å². The predicted molar refractivity (Wildman–Crippen MR) is 112 cm³/mol. The number of anilines is 1. The van der Waals surface area contributed by atoms with E-state index in [1.54, 1.807) is 7.05 Å². The van der Waals surface area contributed by atoms with Crippen molar-refractivity contribution in [3.63, 3.8) is 0 Å². The molecule has 1 N–H and O–H groups in total. The molecule has 0 radical (unpaired) electrons. The fourth-order valence-electron chi connectivity index (χ4n) is 3.11. The van der Waals surface area contributed by atoms with Gasteiger partial charge < -0.3 is 24.6 Å². The Morgan fingerprint density at radius 1 is 1.21 bits per heavy atom. The van der Waals surface area contributed by atoms with Crippen molar-refractivity contribution in [2.75, 3.05) is 58.5 Å². The van der Waals surface area contributed by atoms with Crippen molar-refractivity contribution in [3.8, 4) is 5.75 Å². The van der Waals surface area contributed by atoms with Gasteiger partial charge in [0.25, 0.3) is 0 Å². The summed E-state index contributed by atoms with van der Waals surface area (Å²) in [6, 6.07) is 13.9. The minimum absolute atomic E-state index is 0.590. The van der Waals surface area contributed by atoms with Crippen LogP contribution in [0.1, 0.15) is 5.56 Å². The molecule has 0 amide bonds. The van der Waals surface area contributed by atoms with Crippen LogP contribution in [0.15, 0.2) is 53.7 Å². The number of hydrogen-bond donors (Lipinski definition) is 1. The zero-order chi connectivity index (χ0) is 19.6. The lowest BCUT2D eigenvalue weighted by atomic mass is 10.2. The molecule has 150 valence electrons. The monoisotopic (exact) mass is 383 g/mol. The van der Waals surface area contributed by atoms with E-state index in [9.17, 15) is 0 Å². The molecule has 1 aromatic carbocycles. The van der Waals surface area contributed by atoms with Crippen LogP contribution in [-0.2, 0) is 11.3 Å². The van der Waals surface area contributed by atoms with Crippen LogP contribution in [-0.4, -0.2) is 69.4 Å². The van der Waals surface area contributed by atoms with Crippen LogP contribution in [0, 0.1) is 0 Å². The zero-order valence-electron chi connectivity index (χ0n) is 16.7. The molecule has 1 aliphatic heterocycles. The molecule has 3 rings (SSSR count). The number of likely N-dealkylation sites (N-methyl/N-ethyl adjacent to an activating group) is 1. The van der Waals surface area contributed by atoms with Crippen LogP contribution in [0.5, 0.6) is 5.75 Å². The van der Waals surface area contributed by atoms with Gasteiger partial charge in [-0.05, 0) is 18.2 Å². The Labute approximate surface area is 167 Å². The second-order valence-electron chi connectivity index (χ2n) is 6.57. The number of benzene rings is 1. The molecule has 2 aromatic rings. The van der Waals surface area contributed by atoms with Crippen LogP contribution in [0.2, 0.25) is 0 Å². The van der Waals surface area contributed by atoms with Gasteiger partial charge in [-0.2, -0.15) is 0 Å². The van der Waals surface area contributed by atoms with Gasteiger partial charge in [0.2, 0.25) is 0 Å². The summed E-state index contributed by atoms with van der Waals surface area (Å²) in [6.45, 7) is 5.22. The first-order chi connectivity index (χ1) is 13.8. The number of nitrogens with one attached hydrogen (secondary N) is 1. The summed E-state index contributed by atoms with van der Waals surface area (Å²) in [5.41, 5.74) is 1.15. The molecule has 0 bridgehead atoms. The summed E-state index contributed by atoms with van der Waals surface area (Å²) in [6.07, 6.45) is 1.84. The molecule has 1 aromatic heterocycles. The minimum atomic E-state index is 0.590. The van der Waals surface area contributed by atoms with Crippen LogP contribution in [0.3, 0.4) is 0 Å². The van der Waals surface area contributed by atoms with Crippen molar-refractivity contribution in [1.82, 2.24) is 15.2 Å². The molecule has 0 spiro atoms. The van der Waals surface area contributed by atoms with E-state index in [0.717, 1.165) is 55.9 Å². The highest BCUT2D eigenvalue weighted by Crippen LogP contribution is 2.18. The highest BCUT2D eigenvalue weighted by atomic mass is 16.5. The van der Waals surface area contributed by atoms with Crippen LogP contribution < -0.4 is 15.0 Å². The number of guanidine groups is 1. The first-order valence-corrected chi connectivity index (χ1v) is 9.64. The standard InChI is InChI=1S/C21H29N5O2/c1-22-21(25(2)11-16-28-19-8-4-3-5-9-19)24-17-18-7-6-10-23-20(18)26-12-14-27-15-13-26/h3-10H,11-17H2,1-2H3,(H,22,24). The van der Waals surface area contributed by atoms with E-state index in [-0.39, 0.29) is 0 Å². The van der Waals surface area contributed by atoms with Crippen molar-refractivity contribution in [2.24, 2.45) is 4.99 Å². The van der Waals surface area contributed by atoms with Crippen molar-refractivity contribution in [1.29, 1.82) is 0 Å². The van der Waals surface area contributed by atoms with E-state index >= 15 is 0 Å². The molecule has 7 heteroatoms. The van der Waals surface area contributed by atoms with E-state index in [1.807, 2.05) is 49.6 Å². The quantitative estimate of drug-likeness (QED) is 0.583. The molecular formula is C21H29N5O2. The topological polar surface area (TPSA) is 62.2 Å². The molecular weight excluding hydrogens is 354 g/mol. The number of morpholine rings is 1. The van der Waals surface area contributed by atoms with E-state index in [4.69, 9.17) is 9.47 Å². The Morgan fingerprint density at radius 3 is 2.75 bits per heavy atom. The van der Waals surface area contributed by atoms with Crippen molar-refractivity contribution in [3.05, 3.63) is 54.2 Å². The minimum Gasteiger partial charge on any atom is -0.492 e. The molecule has 2 heterocycles. The maximum atomic E-state index is 5.78. The Morgan fingerprint density at radius 2 is 2.00 bits per heavy atom. The van der Waals surface area contributed by atoms with E-state index in [2.05, 4.69) is 31.2 Å². The predicted octanol–water partition coefficient (Wildman–Crippen LogP) is 2.00. The van der Waals surface area contributed by atoms with Gasteiger partial charge in [0.05, 0.1) is 19.8 Å². The molecule has 0 aliphatic carbocycles. The Hall–Kier alpha value is -2.80. The zero-order valence-corrected chi connectivity index (χ0v) is 16.7. The SMILES string of the molecule is CN=C(NCc1cccnc1N1CCOCC1)N(C)CCOc1ccccc1. The fraction of sp³-hybridized carbons (Fsp3) is 0.429. The van der Waals surface area contributed by atoms with Crippen LogP contribution in [0.25, 0.3) is 0 Å². The van der Waals surface area contributed by atoms with Gasteiger partial charge in [-0.25, -0.2) is 4.98 Å². The number of para-hydroxylation sites is 1. The van der Waals surface area contributed by atoms with Crippen LogP contribution >= 0.6 is 0 Å². The van der Waals surface area contributed by atoms with Gasteiger partial charge in [-0.15, -0.1) is 0 Å². The third kappa shape index (κ3) is 5.60. The first-order valence-electron chi connectivity index (χ1n) is 9.64. The largest absolute Gasteiger partial charge is 0.492 e. The fourth-order valence-corrected chi connectivity index (χ4v) is 3.11. The summed E-state index contributed by atoms with van der Waals surface area (Å²) in [5.74, 6) is 2.72. The van der Waals surface area contributed by atoms with Crippen LogP contribution in [0.4, 0.5) is 5.82 Å². The Bertz CT molecular complexity index is 747. The summed E-state index contributed by atoms with van der Waals surface area (Å²) in [5, 5.41) is 3.44. The normalized spacial score (nSPS) is 14.6. The lowest BCUT2D eigenvalue weighted by Crippen LogP contribution is -2.41. The Kier molecular flexibility index (Phi) is 7.49. The number of aromatic nitrogens is 1. The molecule has 1 aliphatic rings. The smallest absolute Gasteiger partial charge is 0.193 e. The molecule has 28 heavy (non-hydrogen) atoms. The number of hydrogen-bond acceptors (Lipinski definition) is 5. The van der Waals surface area contributed by atoms with Crippen molar-refractivity contribution < 1.29 is 9.47 Å². The molecule has 1 saturated heterocycles. The lowest BCUT2D eigenvalue weighted by Gasteiger charge is -2.30.